The van der Waals surface area contributed by atoms with Gasteiger partial charge in [-0.15, -0.1) is 0 Å². The number of hydrogen-bond donors (Lipinski definition) is 0. The Morgan fingerprint density at radius 1 is 0.786 bits per heavy atom. The lowest BCUT2D eigenvalue weighted by atomic mass is 10.2. The van der Waals surface area contributed by atoms with Crippen molar-refractivity contribution in [3.63, 3.8) is 0 Å². The Hall–Kier alpha value is -0.340. The summed E-state index contributed by atoms with van der Waals surface area (Å²) in [5.41, 5.74) is 1.33. The molecule has 0 radical (unpaired) electrons. The van der Waals surface area contributed by atoms with E-state index in [2.05, 4.69) is 44.1 Å². The van der Waals surface area contributed by atoms with Crippen molar-refractivity contribution in [3.05, 3.63) is 12.2 Å². The first-order valence-corrected chi connectivity index (χ1v) is 5.79. The molecule has 0 aromatic carbocycles. The van der Waals surface area contributed by atoms with Gasteiger partial charge in [-0.3, -0.25) is 9.80 Å². The van der Waals surface area contributed by atoms with Crippen molar-refractivity contribution in [2.45, 2.75) is 27.7 Å². The van der Waals surface area contributed by atoms with Crippen molar-refractivity contribution in [2.24, 2.45) is 0 Å². The zero-order valence-corrected chi connectivity index (χ0v) is 10.3. The minimum Gasteiger partial charge on any atom is -0.300 e. The fourth-order valence-corrected chi connectivity index (χ4v) is 1.58. The van der Waals surface area contributed by atoms with Crippen LogP contribution in [-0.2, 0) is 0 Å². The van der Waals surface area contributed by atoms with Gasteiger partial charge in [0.15, 0.2) is 0 Å². The predicted molar refractivity (Wildman–Crippen MR) is 64.7 cm³/mol. The molecule has 0 saturated carbocycles. The lowest BCUT2D eigenvalue weighted by Crippen LogP contribution is -2.31. The molecule has 0 aromatic rings. The molecular formula is C12H26N2. The molecule has 0 fully saturated rings. The first-order chi connectivity index (χ1) is 6.67. The molecule has 0 atom stereocenters. The van der Waals surface area contributed by atoms with Crippen molar-refractivity contribution in [1.82, 2.24) is 9.80 Å². The quantitative estimate of drug-likeness (QED) is 0.552. The molecule has 0 unspecified atom stereocenters. The summed E-state index contributed by atoms with van der Waals surface area (Å²) in [6, 6.07) is 0. The fourth-order valence-electron chi connectivity index (χ4n) is 1.58. The van der Waals surface area contributed by atoms with E-state index in [0.29, 0.717) is 0 Å². The summed E-state index contributed by atoms with van der Waals surface area (Å²) in [6.07, 6.45) is 0. The monoisotopic (exact) mass is 198 g/mol. The van der Waals surface area contributed by atoms with Crippen LogP contribution in [0.5, 0.6) is 0 Å². The normalized spacial score (nSPS) is 11.3. The minimum atomic E-state index is 1.05. The Balaban J connectivity index is 3.83. The molecule has 2 nitrogen and oxygen atoms in total. The Morgan fingerprint density at radius 2 is 1.07 bits per heavy atom. The predicted octanol–water partition coefficient (Wildman–Crippen LogP) is 2.23. The van der Waals surface area contributed by atoms with E-state index >= 15 is 0 Å². The van der Waals surface area contributed by atoms with Crippen LogP contribution in [0.15, 0.2) is 12.2 Å². The average molecular weight is 198 g/mol. The van der Waals surface area contributed by atoms with Gasteiger partial charge in [0.05, 0.1) is 0 Å². The molecule has 0 aliphatic heterocycles. The van der Waals surface area contributed by atoms with E-state index in [9.17, 15) is 0 Å². The van der Waals surface area contributed by atoms with E-state index < -0.39 is 0 Å². The molecule has 14 heavy (non-hydrogen) atoms. The summed E-state index contributed by atoms with van der Waals surface area (Å²) < 4.78 is 0. The molecule has 0 bridgehead atoms. The molecule has 0 aliphatic carbocycles. The summed E-state index contributed by atoms with van der Waals surface area (Å²) in [5.74, 6) is 0. The van der Waals surface area contributed by atoms with Crippen LogP contribution in [0.25, 0.3) is 0 Å². The molecule has 0 aliphatic rings. The van der Waals surface area contributed by atoms with E-state index in [1.165, 1.54) is 5.57 Å². The third kappa shape index (κ3) is 5.40. The van der Waals surface area contributed by atoms with Crippen LogP contribution < -0.4 is 0 Å². The number of rotatable bonds is 8. The molecule has 2 heteroatoms. The van der Waals surface area contributed by atoms with Gasteiger partial charge in [-0.25, -0.2) is 0 Å². The molecule has 0 aromatic heterocycles. The summed E-state index contributed by atoms with van der Waals surface area (Å²) in [4.78, 5) is 4.82. The van der Waals surface area contributed by atoms with Crippen LogP contribution in [0.4, 0.5) is 0 Å². The molecule has 0 heterocycles. The van der Waals surface area contributed by atoms with E-state index in [0.717, 1.165) is 39.3 Å². The number of hydrogen-bond acceptors (Lipinski definition) is 2. The van der Waals surface area contributed by atoms with Crippen LogP contribution in [-0.4, -0.2) is 49.1 Å². The third-order valence-electron chi connectivity index (χ3n) is 2.68. The van der Waals surface area contributed by atoms with Crippen LogP contribution in [0.3, 0.4) is 0 Å². The highest BCUT2D eigenvalue weighted by atomic mass is 15.1. The van der Waals surface area contributed by atoms with Gasteiger partial charge < -0.3 is 0 Å². The summed E-state index contributed by atoms with van der Waals surface area (Å²) >= 11 is 0. The highest BCUT2D eigenvalue weighted by Gasteiger charge is 2.05. The van der Waals surface area contributed by atoms with Crippen molar-refractivity contribution in [1.29, 1.82) is 0 Å². The minimum absolute atomic E-state index is 1.05. The van der Waals surface area contributed by atoms with Gasteiger partial charge in [-0.05, 0) is 31.8 Å². The van der Waals surface area contributed by atoms with Gasteiger partial charge in [-0.1, -0.05) is 34.3 Å². The molecular weight excluding hydrogens is 172 g/mol. The SMILES string of the molecule is C=C(CN(CC)CC)CN(CC)CC. The third-order valence-corrected chi connectivity index (χ3v) is 2.68. The van der Waals surface area contributed by atoms with Crippen LogP contribution in [0, 0.1) is 0 Å². The first-order valence-electron chi connectivity index (χ1n) is 5.79. The lowest BCUT2D eigenvalue weighted by molar-refractivity contribution is 0.292. The van der Waals surface area contributed by atoms with E-state index in [1.807, 2.05) is 0 Å². The highest BCUT2D eigenvalue weighted by molar-refractivity contribution is 5.00. The van der Waals surface area contributed by atoms with Crippen LogP contribution in [0.2, 0.25) is 0 Å². The second kappa shape index (κ2) is 8.01. The summed E-state index contributed by atoms with van der Waals surface area (Å²) in [5, 5.41) is 0. The molecule has 0 spiro atoms. The molecule has 0 amide bonds. The molecule has 84 valence electrons. The highest BCUT2D eigenvalue weighted by Crippen LogP contribution is 2.00. The number of nitrogens with zero attached hydrogens (tertiary/aromatic N) is 2. The standard InChI is InChI=1S/C12H26N2/c1-6-13(7-2)10-12(5)11-14(8-3)9-4/h5-11H2,1-4H3. The molecule has 0 N–H and O–H groups in total. The lowest BCUT2D eigenvalue weighted by Gasteiger charge is -2.24. The first kappa shape index (κ1) is 13.7. The van der Waals surface area contributed by atoms with Crippen LogP contribution in [0.1, 0.15) is 27.7 Å². The van der Waals surface area contributed by atoms with Gasteiger partial charge >= 0.3 is 0 Å². The topological polar surface area (TPSA) is 6.48 Å². The fraction of sp³-hybridized carbons (Fsp3) is 0.833. The zero-order valence-electron chi connectivity index (χ0n) is 10.3. The Morgan fingerprint density at radius 3 is 1.29 bits per heavy atom. The second-order valence-electron chi connectivity index (χ2n) is 3.67. The van der Waals surface area contributed by atoms with Gasteiger partial charge in [0.1, 0.15) is 0 Å². The Bertz CT molecular complexity index is 130. The summed E-state index contributed by atoms with van der Waals surface area (Å²) in [6.45, 7) is 19.5. The van der Waals surface area contributed by atoms with Crippen molar-refractivity contribution in [2.75, 3.05) is 39.3 Å². The van der Waals surface area contributed by atoms with E-state index in [4.69, 9.17) is 0 Å². The maximum atomic E-state index is 4.14. The van der Waals surface area contributed by atoms with Gasteiger partial charge in [-0.2, -0.15) is 0 Å². The van der Waals surface area contributed by atoms with Crippen LogP contribution >= 0.6 is 0 Å². The second-order valence-corrected chi connectivity index (χ2v) is 3.67. The molecule has 0 rings (SSSR count). The van der Waals surface area contributed by atoms with Gasteiger partial charge in [0.2, 0.25) is 0 Å². The van der Waals surface area contributed by atoms with E-state index in [1.54, 1.807) is 0 Å². The van der Waals surface area contributed by atoms with Gasteiger partial charge in [0.25, 0.3) is 0 Å². The zero-order chi connectivity index (χ0) is 11.0. The van der Waals surface area contributed by atoms with Gasteiger partial charge in [0, 0.05) is 13.1 Å². The largest absolute Gasteiger partial charge is 0.300 e. The summed E-state index contributed by atoms with van der Waals surface area (Å²) in [7, 11) is 0. The number of likely N-dealkylation sites (N-methyl/N-ethyl adjacent to an activating group) is 2. The van der Waals surface area contributed by atoms with Crippen molar-refractivity contribution < 1.29 is 0 Å². The maximum Gasteiger partial charge on any atom is 0.0202 e. The Labute approximate surface area is 89.6 Å². The van der Waals surface area contributed by atoms with Crippen molar-refractivity contribution >= 4 is 0 Å². The Kier molecular flexibility index (Phi) is 7.81. The maximum absolute atomic E-state index is 4.14. The molecule has 0 saturated heterocycles. The average Bonchev–Trinajstić information content (AvgIpc) is 2.22. The van der Waals surface area contributed by atoms with Crippen molar-refractivity contribution in [3.8, 4) is 0 Å². The van der Waals surface area contributed by atoms with E-state index in [-0.39, 0.29) is 0 Å². The smallest absolute Gasteiger partial charge is 0.0202 e.